The summed E-state index contributed by atoms with van der Waals surface area (Å²) >= 11 is 5.80. The highest BCUT2D eigenvalue weighted by atomic mass is 35.5. The number of hydrogen-bond acceptors (Lipinski definition) is 2. The molecule has 0 heterocycles. The minimum Gasteiger partial charge on any atom is -0.466 e. The molecule has 0 aromatic rings. The van der Waals surface area contributed by atoms with Gasteiger partial charge in [0.25, 0.3) is 0 Å². The van der Waals surface area contributed by atoms with Crippen LogP contribution in [0.3, 0.4) is 0 Å². The third-order valence-corrected chi connectivity index (χ3v) is 2.06. The molecule has 0 saturated heterocycles. The Hall–Kier alpha value is -0.720. The minimum atomic E-state index is -0.294. The molecule has 0 aliphatic heterocycles. The van der Waals surface area contributed by atoms with Crippen molar-refractivity contribution in [3.63, 3.8) is 0 Å². The van der Waals surface area contributed by atoms with Crippen molar-refractivity contribution in [3.8, 4) is 0 Å². The first-order chi connectivity index (χ1) is 7.20. The zero-order chi connectivity index (χ0) is 11.5. The number of rotatable bonds is 7. The smallest absolute Gasteiger partial charge is 0.311 e. The number of hydrogen-bond donors (Lipinski definition) is 0. The standard InChI is InChI=1S/C12H19ClO2/c1-3-5-6-7-8-9-11(13)10-12(14)15-4-2/h8H,3-7,10H2,1-2H3. The van der Waals surface area contributed by atoms with Crippen molar-refractivity contribution < 1.29 is 9.53 Å². The molecule has 0 aliphatic carbocycles. The van der Waals surface area contributed by atoms with Gasteiger partial charge in [-0.2, -0.15) is 0 Å². The highest BCUT2D eigenvalue weighted by Crippen LogP contribution is 2.07. The third-order valence-electron chi connectivity index (χ3n) is 1.82. The quantitative estimate of drug-likeness (QED) is 0.378. The van der Waals surface area contributed by atoms with Gasteiger partial charge in [-0.25, -0.2) is 0 Å². The second-order valence-corrected chi connectivity index (χ2v) is 3.69. The molecule has 2 nitrogen and oxygen atoms in total. The molecule has 15 heavy (non-hydrogen) atoms. The molecule has 86 valence electrons. The molecule has 0 rings (SSSR count). The van der Waals surface area contributed by atoms with Crippen LogP contribution in [0.2, 0.25) is 0 Å². The van der Waals surface area contributed by atoms with E-state index < -0.39 is 0 Å². The zero-order valence-corrected chi connectivity index (χ0v) is 10.3. The van der Waals surface area contributed by atoms with E-state index in [0.717, 1.165) is 12.8 Å². The number of carbonyl (C=O) groups is 1. The summed E-state index contributed by atoms with van der Waals surface area (Å²) in [7, 11) is 0. The normalized spacial score (nSPS) is 9.27. The minimum absolute atomic E-state index is 0.125. The molecule has 0 atom stereocenters. The topological polar surface area (TPSA) is 26.3 Å². The first-order valence-electron chi connectivity index (χ1n) is 5.45. The van der Waals surface area contributed by atoms with Crippen molar-refractivity contribution in [3.05, 3.63) is 16.8 Å². The van der Waals surface area contributed by atoms with Crippen molar-refractivity contribution in [2.75, 3.05) is 6.61 Å². The van der Waals surface area contributed by atoms with Gasteiger partial charge in [0.05, 0.1) is 18.1 Å². The fourth-order valence-electron chi connectivity index (χ4n) is 1.07. The molecule has 0 saturated carbocycles. The molecular formula is C12H19ClO2. The molecule has 0 radical (unpaired) electrons. The van der Waals surface area contributed by atoms with E-state index in [-0.39, 0.29) is 12.4 Å². The van der Waals surface area contributed by atoms with Gasteiger partial charge in [0.1, 0.15) is 0 Å². The van der Waals surface area contributed by atoms with Gasteiger partial charge in [-0.05, 0) is 25.8 Å². The van der Waals surface area contributed by atoms with Gasteiger partial charge in [0, 0.05) is 0 Å². The second kappa shape index (κ2) is 9.82. The Kier molecular flexibility index (Phi) is 9.35. The van der Waals surface area contributed by atoms with Crippen LogP contribution in [-0.2, 0) is 9.53 Å². The second-order valence-electron chi connectivity index (χ2n) is 3.23. The van der Waals surface area contributed by atoms with E-state index in [4.69, 9.17) is 16.3 Å². The van der Waals surface area contributed by atoms with Crippen LogP contribution in [0.1, 0.15) is 46.0 Å². The predicted octanol–water partition coefficient (Wildman–Crippen LogP) is 3.80. The fraction of sp³-hybridized carbons (Fsp3) is 0.667. The van der Waals surface area contributed by atoms with Crippen molar-refractivity contribution in [2.24, 2.45) is 0 Å². The van der Waals surface area contributed by atoms with Gasteiger partial charge in [0.2, 0.25) is 0 Å². The summed E-state index contributed by atoms with van der Waals surface area (Å²) in [5.74, 6) is -0.294. The molecule has 0 aromatic heterocycles. The van der Waals surface area contributed by atoms with Crippen molar-refractivity contribution in [1.29, 1.82) is 0 Å². The van der Waals surface area contributed by atoms with Gasteiger partial charge in [-0.15, -0.1) is 5.73 Å². The van der Waals surface area contributed by atoms with E-state index in [1.165, 1.54) is 12.8 Å². The SMILES string of the molecule is CCCCCC=C=C(Cl)CC(=O)OCC. The number of halogens is 1. The number of ether oxygens (including phenoxy) is 1. The van der Waals surface area contributed by atoms with Gasteiger partial charge in [-0.1, -0.05) is 31.4 Å². The number of carbonyl (C=O) groups excluding carboxylic acids is 1. The first-order valence-corrected chi connectivity index (χ1v) is 5.83. The molecule has 0 aromatic carbocycles. The van der Waals surface area contributed by atoms with Crippen LogP contribution < -0.4 is 0 Å². The van der Waals surface area contributed by atoms with E-state index in [9.17, 15) is 4.79 Å². The molecule has 0 spiro atoms. The lowest BCUT2D eigenvalue weighted by molar-refractivity contribution is -0.142. The molecule has 0 fully saturated rings. The van der Waals surface area contributed by atoms with E-state index in [0.29, 0.717) is 11.6 Å². The molecule has 0 amide bonds. The van der Waals surface area contributed by atoms with Gasteiger partial charge >= 0.3 is 5.97 Å². The summed E-state index contributed by atoms with van der Waals surface area (Å²) in [6.45, 7) is 4.33. The average Bonchev–Trinajstić information content (AvgIpc) is 2.17. The third kappa shape index (κ3) is 9.58. The fourth-order valence-corrected chi connectivity index (χ4v) is 1.26. The Bertz CT molecular complexity index is 240. The lowest BCUT2D eigenvalue weighted by Crippen LogP contribution is -2.02. The summed E-state index contributed by atoms with van der Waals surface area (Å²) in [6.07, 6.45) is 6.54. The largest absolute Gasteiger partial charge is 0.466 e. The summed E-state index contributed by atoms with van der Waals surface area (Å²) < 4.78 is 4.76. The van der Waals surface area contributed by atoms with E-state index in [1.54, 1.807) is 6.92 Å². The monoisotopic (exact) mass is 230 g/mol. The van der Waals surface area contributed by atoms with Crippen LogP contribution in [-0.4, -0.2) is 12.6 Å². The predicted molar refractivity (Wildman–Crippen MR) is 62.8 cm³/mol. The maximum atomic E-state index is 11.0. The zero-order valence-electron chi connectivity index (χ0n) is 9.51. The van der Waals surface area contributed by atoms with Gasteiger partial charge < -0.3 is 4.74 Å². The van der Waals surface area contributed by atoms with E-state index >= 15 is 0 Å². The summed E-state index contributed by atoms with van der Waals surface area (Å²) in [4.78, 5) is 11.0. The molecule has 0 bridgehead atoms. The first kappa shape index (κ1) is 14.3. The Labute approximate surface area is 97.0 Å². The lowest BCUT2D eigenvalue weighted by Gasteiger charge is -1.97. The van der Waals surface area contributed by atoms with Crippen LogP contribution in [0.4, 0.5) is 0 Å². The van der Waals surface area contributed by atoms with Crippen molar-refractivity contribution in [2.45, 2.75) is 46.0 Å². The molecule has 0 unspecified atom stereocenters. The Balaban J connectivity index is 3.80. The van der Waals surface area contributed by atoms with Crippen molar-refractivity contribution in [1.82, 2.24) is 0 Å². The van der Waals surface area contributed by atoms with Crippen LogP contribution in [0.15, 0.2) is 16.8 Å². The highest BCUT2D eigenvalue weighted by Gasteiger charge is 2.02. The maximum absolute atomic E-state index is 11.0. The maximum Gasteiger partial charge on any atom is 0.311 e. The Morgan fingerprint density at radius 1 is 1.40 bits per heavy atom. The average molecular weight is 231 g/mol. The molecule has 0 aliphatic rings. The molecule has 0 N–H and O–H groups in total. The van der Waals surface area contributed by atoms with E-state index in [2.05, 4.69) is 12.7 Å². The summed E-state index contributed by atoms with van der Waals surface area (Å²) in [6, 6.07) is 0. The van der Waals surface area contributed by atoms with Crippen LogP contribution >= 0.6 is 11.6 Å². The number of unbranched alkanes of at least 4 members (excludes halogenated alkanes) is 3. The van der Waals surface area contributed by atoms with E-state index in [1.807, 2.05) is 6.08 Å². The summed E-state index contributed by atoms with van der Waals surface area (Å²) in [5.41, 5.74) is 2.89. The van der Waals surface area contributed by atoms with Gasteiger partial charge in [-0.3, -0.25) is 4.79 Å². The molecule has 3 heteroatoms. The van der Waals surface area contributed by atoms with Crippen molar-refractivity contribution >= 4 is 17.6 Å². The van der Waals surface area contributed by atoms with Crippen LogP contribution in [0.25, 0.3) is 0 Å². The molecular weight excluding hydrogens is 212 g/mol. The van der Waals surface area contributed by atoms with Crippen LogP contribution in [0, 0.1) is 0 Å². The number of esters is 1. The lowest BCUT2D eigenvalue weighted by atomic mass is 10.2. The summed E-state index contributed by atoms with van der Waals surface area (Å²) in [5, 5.41) is 0.421. The Morgan fingerprint density at radius 3 is 2.73 bits per heavy atom. The van der Waals surface area contributed by atoms with Crippen LogP contribution in [0.5, 0.6) is 0 Å². The van der Waals surface area contributed by atoms with Gasteiger partial charge in [0.15, 0.2) is 0 Å². The highest BCUT2D eigenvalue weighted by molar-refractivity contribution is 6.30. The Morgan fingerprint density at radius 2 is 2.13 bits per heavy atom.